The number of halogens is 3. The molecule has 1 aromatic carbocycles. The van der Waals surface area contributed by atoms with Gasteiger partial charge in [-0.1, -0.05) is 18.2 Å². The molecule has 0 atom stereocenters. The summed E-state index contributed by atoms with van der Waals surface area (Å²) in [5.41, 5.74) is -0.427. The molecule has 0 aliphatic heterocycles. The van der Waals surface area contributed by atoms with E-state index in [0.29, 0.717) is 5.56 Å². The molecular weight excluding hydrogens is 263 g/mol. The Morgan fingerprint density at radius 3 is 2.68 bits per heavy atom. The van der Waals surface area contributed by atoms with E-state index in [1.807, 2.05) is 0 Å². The van der Waals surface area contributed by atoms with E-state index in [-0.39, 0.29) is 18.1 Å². The molecule has 0 unspecified atom stereocenters. The summed E-state index contributed by atoms with van der Waals surface area (Å²) in [5.74, 6) is -1.57. The molecule has 4 nitrogen and oxygen atoms in total. The van der Waals surface area contributed by atoms with Gasteiger partial charge in [-0.05, 0) is 11.6 Å². The van der Waals surface area contributed by atoms with E-state index >= 15 is 0 Å². The maximum atomic E-state index is 12.5. The highest BCUT2D eigenvalue weighted by atomic mass is 19.4. The molecule has 1 aromatic heterocycles. The van der Waals surface area contributed by atoms with Gasteiger partial charge in [0.05, 0.1) is 11.8 Å². The molecular formula is C12H8F3NO3. The Labute approximate surface area is 105 Å². The molecule has 0 bridgehead atoms. The Morgan fingerprint density at radius 2 is 2.11 bits per heavy atom. The van der Waals surface area contributed by atoms with Gasteiger partial charge in [-0.2, -0.15) is 13.2 Å². The van der Waals surface area contributed by atoms with Crippen LogP contribution >= 0.6 is 0 Å². The SMILES string of the molecule is O=C(O)c1cnc(Cc2cccc(C(F)(F)F)c2)o1. The van der Waals surface area contributed by atoms with Crippen molar-refractivity contribution < 1.29 is 27.5 Å². The molecule has 7 heteroatoms. The molecule has 2 aromatic rings. The molecule has 1 heterocycles. The lowest BCUT2D eigenvalue weighted by molar-refractivity contribution is -0.137. The van der Waals surface area contributed by atoms with Gasteiger partial charge in [0.25, 0.3) is 0 Å². The van der Waals surface area contributed by atoms with Crippen LogP contribution in [0.4, 0.5) is 13.2 Å². The van der Waals surface area contributed by atoms with E-state index in [9.17, 15) is 18.0 Å². The van der Waals surface area contributed by atoms with E-state index in [0.717, 1.165) is 18.3 Å². The maximum absolute atomic E-state index is 12.5. The Balaban J connectivity index is 2.21. The lowest BCUT2D eigenvalue weighted by Gasteiger charge is -2.07. The molecule has 0 aliphatic rings. The molecule has 100 valence electrons. The van der Waals surface area contributed by atoms with Crippen LogP contribution in [0.25, 0.3) is 0 Å². The van der Waals surface area contributed by atoms with Gasteiger partial charge in [0.1, 0.15) is 0 Å². The molecule has 0 saturated heterocycles. The first-order chi connectivity index (χ1) is 8.86. The number of oxazole rings is 1. The summed E-state index contributed by atoms with van der Waals surface area (Å²) in [4.78, 5) is 14.3. The van der Waals surface area contributed by atoms with Crippen molar-refractivity contribution in [2.45, 2.75) is 12.6 Å². The van der Waals surface area contributed by atoms with E-state index in [1.54, 1.807) is 0 Å². The molecule has 1 N–H and O–H groups in total. The number of hydrogen-bond donors (Lipinski definition) is 1. The van der Waals surface area contributed by atoms with Crippen molar-refractivity contribution in [2.24, 2.45) is 0 Å². The molecule has 0 amide bonds. The van der Waals surface area contributed by atoms with Crippen LogP contribution < -0.4 is 0 Å². The third kappa shape index (κ3) is 3.12. The topological polar surface area (TPSA) is 63.3 Å². The van der Waals surface area contributed by atoms with Crippen molar-refractivity contribution in [2.75, 3.05) is 0 Å². The number of rotatable bonds is 3. The van der Waals surface area contributed by atoms with Gasteiger partial charge in [-0.15, -0.1) is 0 Å². The van der Waals surface area contributed by atoms with E-state index in [4.69, 9.17) is 9.52 Å². The van der Waals surface area contributed by atoms with Gasteiger partial charge in [0, 0.05) is 6.42 Å². The molecule has 0 radical (unpaired) electrons. The van der Waals surface area contributed by atoms with Gasteiger partial charge >= 0.3 is 12.1 Å². The van der Waals surface area contributed by atoms with Crippen LogP contribution in [0, 0.1) is 0 Å². The highest BCUT2D eigenvalue weighted by molar-refractivity contribution is 5.83. The summed E-state index contributed by atoms with van der Waals surface area (Å²) in [6, 6.07) is 4.70. The number of carboxylic acids is 1. The second kappa shape index (κ2) is 4.75. The number of hydrogen-bond acceptors (Lipinski definition) is 3. The first-order valence-corrected chi connectivity index (χ1v) is 5.20. The molecule has 0 saturated carbocycles. The van der Waals surface area contributed by atoms with Crippen LogP contribution in [0.3, 0.4) is 0 Å². The predicted molar refractivity (Wildman–Crippen MR) is 57.7 cm³/mol. The van der Waals surface area contributed by atoms with Crippen molar-refractivity contribution in [3.05, 3.63) is 53.2 Å². The average molecular weight is 271 g/mol. The zero-order valence-electron chi connectivity index (χ0n) is 9.44. The fourth-order valence-electron chi connectivity index (χ4n) is 1.52. The summed E-state index contributed by atoms with van der Waals surface area (Å²) < 4.78 is 42.4. The zero-order chi connectivity index (χ0) is 14.0. The molecule has 19 heavy (non-hydrogen) atoms. The van der Waals surface area contributed by atoms with Crippen LogP contribution in [0.15, 0.2) is 34.9 Å². The van der Waals surface area contributed by atoms with E-state index in [2.05, 4.69) is 4.98 Å². The van der Waals surface area contributed by atoms with Gasteiger partial charge < -0.3 is 9.52 Å². The van der Waals surface area contributed by atoms with Crippen LogP contribution in [0.5, 0.6) is 0 Å². The van der Waals surface area contributed by atoms with E-state index < -0.39 is 17.7 Å². The van der Waals surface area contributed by atoms with Crippen LogP contribution in [-0.4, -0.2) is 16.1 Å². The van der Waals surface area contributed by atoms with Crippen molar-refractivity contribution >= 4 is 5.97 Å². The third-order valence-electron chi connectivity index (χ3n) is 2.37. The highest BCUT2D eigenvalue weighted by Crippen LogP contribution is 2.29. The van der Waals surface area contributed by atoms with Gasteiger partial charge in [0.15, 0.2) is 5.89 Å². The standard InChI is InChI=1S/C12H8F3NO3/c13-12(14,15)8-3-1-2-7(4-8)5-10-16-6-9(19-10)11(17)18/h1-4,6H,5H2,(H,17,18). The quantitative estimate of drug-likeness (QED) is 0.932. The largest absolute Gasteiger partial charge is 0.475 e. The van der Waals surface area contributed by atoms with Crippen LogP contribution in [0.1, 0.15) is 27.6 Å². The van der Waals surface area contributed by atoms with Crippen molar-refractivity contribution in [3.63, 3.8) is 0 Å². The Morgan fingerprint density at radius 1 is 1.37 bits per heavy atom. The summed E-state index contributed by atoms with van der Waals surface area (Å²) >= 11 is 0. The highest BCUT2D eigenvalue weighted by Gasteiger charge is 2.30. The van der Waals surface area contributed by atoms with Crippen LogP contribution in [0.2, 0.25) is 0 Å². The summed E-state index contributed by atoms with van der Waals surface area (Å²) in [5, 5.41) is 8.63. The minimum absolute atomic E-state index is 0.00278. The second-order valence-electron chi connectivity index (χ2n) is 3.80. The molecule has 0 aliphatic carbocycles. The maximum Gasteiger partial charge on any atom is 0.416 e. The summed E-state index contributed by atoms with van der Waals surface area (Å²) in [6.07, 6.45) is -3.40. The lowest BCUT2D eigenvalue weighted by atomic mass is 10.1. The normalized spacial score (nSPS) is 11.5. The lowest BCUT2D eigenvalue weighted by Crippen LogP contribution is -2.05. The Kier molecular flexibility index (Phi) is 3.28. The van der Waals surface area contributed by atoms with Crippen molar-refractivity contribution in [1.29, 1.82) is 0 Å². The minimum Gasteiger partial charge on any atom is -0.475 e. The Bertz CT molecular complexity index is 604. The van der Waals surface area contributed by atoms with Gasteiger partial charge in [-0.25, -0.2) is 9.78 Å². The predicted octanol–water partition coefficient (Wildman–Crippen LogP) is 2.98. The number of carbonyl (C=O) groups is 1. The monoisotopic (exact) mass is 271 g/mol. The van der Waals surface area contributed by atoms with Gasteiger partial charge in [0.2, 0.25) is 5.76 Å². The second-order valence-corrected chi connectivity index (χ2v) is 3.80. The number of benzene rings is 1. The summed E-state index contributed by atoms with van der Waals surface area (Å²) in [7, 11) is 0. The smallest absolute Gasteiger partial charge is 0.416 e. The molecule has 0 fully saturated rings. The molecule has 0 spiro atoms. The fraction of sp³-hybridized carbons (Fsp3) is 0.167. The summed E-state index contributed by atoms with van der Waals surface area (Å²) in [6.45, 7) is 0. The number of aromatic carboxylic acids is 1. The number of aromatic nitrogens is 1. The van der Waals surface area contributed by atoms with Gasteiger partial charge in [-0.3, -0.25) is 0 Å². The first-order valence-electron chi connectivity index (χ1n) is 5.20. The zero-order valence-corrected chi connectivity index (χ0v) is 9.44. The Hall–Kier alpha value is -2.31. The molecule has 2 rings (SSSR count). The fourth-order valence-corrected chi connectivity index (χ4v) is 1.52. The van der Waals surface area contributed by atoms with Crippen LogP contribution in [-0.2, 0) is 12.6 Å². The number of nitrogens with zero attached hydrogens (tertiary/aromatic N) is 1. The number of alkyl halides is 3. The third-order valence-corrected chi connectivity index (χ3v) is 2.37. The van der Waals surface area contributed by atoms with Crippen molar-refractivity contribution in [3.8, 4) is 0 Å². The minimum atomic E-state index is -4.42. The number of carboxylic acid groups (broad SMARTS) is 1. The average Bonchev–Trinajstić information content (AvgIpc) is 2.77. The van der Waals surface area contributed by atoms with Crippen molar-refractivity contribution in [1.82, 2.24) is 4.98 Å². The first kappa shape index (κ1) is 13.1. The van der Waals surface area contributed by atoms with E-state index in [1.165, 1.54) is 12.1 Å².